The van der Waals surface area contributed by atoms with Crippen LogP contribution in [0.5, 0.6) is 0 Å². The van der Waals surface area contributed by atoms with Gasteiger partial charge in [0.1, 0.15) is 11.6 Å². The fourth-order valence-corrected chi connectivity index (χ4v) is 1.38. The molecule has 0 aliphatic heterocycles. The molecular weight excluding hydrogens is 267 g/mol. The van der Waals surface area contributed by atoms with Crippen molar-refractivity contribution in [2.24, 2.45) is 0 Å². The van der Waals surface area contributed by atoms with E-state index in [1.807, 2.05) is 0 Å². The van der Waals surface area contributed by atoms with Gasteiger partial charge in [0.25, 0.3) is 0 Å². The van der Waals surface area contributed by atoms with E-state index in [2.05, 4.69) is 10.4 Å². The van der Waals surface area contributed by atoms with E-state index in [9.17, 15) is 13.2 Å². The second-order valence-electron chi connectivity index (χ2n) is 3.44. The highest BCUT2D eigenvalue weighted by Gasteiger charge is 2.06. The molecule has 0 fully saturated rings. The minimum Gasteiger partial charge on any atom is -0.365 e. The summed E-state index contributed by atoms with van der Waals surface area (Å²) >= 11 is 0. The average molecular weight is 278 g/mol. The number of anilines is 1. The van der Waals surface area contributed by atoms with E-state index in [0.717, 1.165) is 5.56 Å². The zero-order chi connectivity index (χ0) is 12.3. The van der Waals surface area contributed by atoms with Crippen molar-refractivity contribution in [3.05, 3.63) is 47.9 Å². The van der Waals surface area contributed by atoms with Gasteiger partial charge in [-0.2, -0.15) is 13.9 Å². The molecule has 7 heteroatoms. The molecule has 0 saturated heterocycles. The summed E-state index contributed by atoms with van der Waals surface area (Å²) in [5, 5.41) is 6.44. The average Bonchev–Trinajstić information content (AvgIpc) is 2.75. The molecule has 0 amide bonds. The third-order valence-electron chi connectivity index (χ3n) is 2.17. The maximum Gasteiger partial charge on any atom is 0.333 e. The summed E-state index contributed by atoms with van der Waals surface area (Å²) in [6, 6.07) is 7.47. The Hall–Kier alpha value is -1.69. The van der Waals surface area contributed by atoms with Crippen LogP contribution in [0, 0.1) is 5.82 Å². The van der Waals surface area contributed by atoms with Crippen LogP contribution in [0.4, 0.5) is 19.0 Å². The van der Waals surface area contributed by atoms with E-state index in [1.165, 1.54) is 24.4 Å². The van der Waals surface area contributed by atoms with Crippen molar-refractivity contribution in [2.75, 3.05) is 5.32 Å². The number of nitrogens with one attached hydrogen (secondary N) is 1. The fraction of sp³-hybridized carbons (Fsp3) is 0.182. The summed E-state index contributed by atoms with van der Waals surface area (Å²) in [5.74, 6) is -0.00280. The van der Waals surface area contributed by atoms with Gasteiger partial charge in [0.2, 0.25) is 0 Å². The van der Waals surface area contributed by atoms with E-state index < -0.39 is 6.55 Å². The molecule has 1 aromatic heterocycles. The van der Waals surface area contributed by atoms with Gasteiger partial charge in [-0.15, -0.1) is 12.4 Å². The van der Waals surface area contributed by atoms with Gasteiger partial charge in [-0.05, 0) is 17.7 Å². The van der Waals surface area contributed by atoms with Crippen LogP contribution in [0.25, 0.3) is 0 Å². The number of hydrogen-bond donors (Lipinski definition) is 1. The molecule has 0 bridgehead atoms. The zero-order valence-electron chi connectivity index (χ0n) is 9.19. The molecule has 0 aliphatic carbocycles. The summed E-state index contributed by atoms with van der Waals surface area (Å²) in [5.41, 5.74) is 0.719. The van der Waals surface area contributed by atoms with E-state index in [1.54, 1.807) is 12.1 Å². The molecular formula is C11H11ClF3N3. The molecule has 0 unspecified atom stereocenters. The second-order valence-corrected chi connectivity index (χ2v) is 3.44. The van der Waals surface area contributed by atoms with Gasteiger partial charge in [0.15, 0.2) is 0 Å². The van der Waals surface area contributed by atoms with Crippen LogP contribution in [0.1, 0.15) is 12.1 Å². The van der Waals surface area contributed by atoms with E-state index in [4.69, 9.17) is 0 Å². The van der Waals surface area contributed by atoms with E-state index >= 15 is 0 Å². The second kappa shape index (κ2) is 6.30. The molecule has 18 heavy (non-hydrogen) atoms. The lowest BCUT2D eigenvalue weighted by Gasteiger charge is -2.03. The summed E-state index contributed by atoms with van der Waals surface area (Å²) in [4.78, 5) is 0. The molecule has 0 saturated carbocycles. The van der Waals surface area contributed by atoms with Gasteiger partial charge in [0.05, 0.1) is 0 Å². The number of halogens is 4. The van der Waals surface area contributed by atoms with Crippen molar-refractivity contribution in [3.63, 3.8) is 0 Å². The fourth-order valence-electron chi connectivity index (χ4n) is 1.38. The molecule has 0 spiro atoms. The Bertz CT molecular complexity index is 502. The standard InChI is InChI=1S/C11H10F3N3.ClH/c12-9-3-1-2-8(6-9)7-15-10-4-5-17(16-10)11(13)14;/h1-6,11H,7H2,(H,15,16);1H. The van der Waals surface area contributed by atoms with E-state index in [0.29, 0.717) is 17.0 Å². The smallest absolute Gasteiger partial charge is 0.333 e. The molecule has 2 aromatic rings. The van der Waals surface area contributed by atoms with Gasteiger partial charge >= 0.3 is 6.55 Å². The number of hydrogen-bond acceptors (Lipinski definition) is 2. The molecule has 98 valence electrons. The number of alkyl halides is 2. The maximum atomic E-state index is 12.9. The van der Waals surface area contributed by atoms with Crippen molar-refractivity contribution in [2.45, 2.75) is 13.1 Å². The topological polar surface area (TPSA) is 29.9 Å². The van der Waals surface area contributed by atoms with E-state index in [-0.39, 0.29) is 18.2 Å². The number of nitrogens with zero attached hydrogens (tertiary/aromatic N) is 2. The SMILES string of the molecule is Cl.Fc1cccc(CNc2ccn(C(F)F)n2)c1. The number of aromatic nitrogens is 2. The Morgan fingerprint density at radius 3 is 2.67 bits per heavy atom. The third kappa shape index (κ3) is 3.66. The summed E-state index contributed by atoms with van der Waals surface area (Å²) in [7, 11) is 0. The predicted molar refractivity (Wildman–Crippen MR) is 64.5 cm³/mol. The van der Waals surface area contributed by atoms with Crippen LogP contribution < -0.4 is 5.32 Å². The molecule has 1 heterocycles. The third-order valence-corrected chi connectivity index (χ3v) is 2.17. The van der Waals surface area contributed by atoms with Crippen LogP contribution in [0.2, 0.25) is 0 Å². The van der Waals surface area contributed by atoms with Crippen LogP contribution >= 0.6 is 12.4 Å². The number of rotatable bonds is 4. The van der Waals surface area contributed by atoms with Crippen LogP contribution in [0.3, 0.4) is 0 Å². The lowest BCUT2D eigenvalue weighted by Crippen LogP contribution is -2.03. The molecule has 1 N–H and O–H groups in total. The highest BCUT2D eigenvalue weighted by atomic mass is 35.5. The first-order chi connectivity index (χ1) is 8.15. The molecule has 1 aromatic carbocycles. The molecule has 2 rings (SSSR count). The minimum atomic E-state index is -2.65. The Morgan fingerprint density at radius 1 is 1.28 bits per heavy atom. The largest absolute Gasteiger partial charge is 0.365 e. The Labute approximate surface area is 108 Å². The van der Waals surface area contributed by atoms with Gasteiger partial charge in [-0.3, -0.25) is 0 Å². The van der Waals surface area contributed by atoms with Crippen molar-refractivity contribution in [1.82, 2.24) is 9.78 Å². The Balaban J connectivity index is 0.00000162. The molecule has 0 radical (unpaired) electrons. The van der Waals surface area contributed by atoms with Crippen molar-refractivity contribution < 1.29 is 13.2 Å². The summed E-state index contributed by atoms with van der Waals surface area (Å²) in [6.07, 6.45) is 1.18. The summed E-state index contributed by atoms with van der Waals surface area (Å²) < 4.78 is 37.8. The van der Waals surface area contributed by atoms with Gasteiger partial charge in [-0.25, -0.2) is 9.07 Å². The quantitative estimate of drug-likeness (QED) is 0.928. The lowest BCUT2D eigenvalue weighted by molar-refractivity contribution is 0.0569. The van der Waals surface area contributed by atoms with Gasteiger partial charge < -0.3 is 5.32 Å². The van der Waals surface area contributed by atoms with Crippen LogP contribution in [-0.2, 0) is 6.54 Å². The maximum absolute atomic E-state index is 12.9. The van der Waals surface area contributed by atoms with Gasteiger partial charge in [0, 0.05) is 18.8 Å². The number of benzene rings is 1. The first-order valence-electron chi connectivity index (χ1n) is 4.97. The Kier molecular flexibility index (Phi) is 5.03. The zero-order valence-corrected chi connectivity index (χ0v) is 10.0. The first kappa shape index (κ1) is 14.4. The highest BCUT2D eigenvalue weighted by Crippen LogP contribution is 2.12. The van der Waals surface area contributed by atoms with Crippen molar-refractivity contribution in [3.8, 4) is 0 Å². The summed E-state index contributed by atoms with van der Waals surface area (Å²) in [6.45, 7) is -2.32. The monoisotopic (exact) mass is 277 g/mol. The van der Waals surface area contributed by atoms with Crippen LogP contribution in [0.15, 0.2) is 36.5 Å². The van der Waals surface area contributed by atoms with Crippen molar-refractivity contribution >= 4 is 18.2 Å². The highest BCUT2D eigenvalue weighted by molar-refractivity contribution is 5.85. The lowest BCUT2D eigenvalue weighted by atomic mass is 10.2. The predicted octanol–water partition coefficient (Wildman–Crippen LogP) is 3.45. The molecule has 3 nitrogen and oxygen atoms in total. The normalized spacial score (nSPS) is 10.2. The van der Waals surface area contributed by atoms with Crippen molar-refractivity contribution in [1.29, 1.82) is 0 Å². The Morgan fingerprint density at radius 2 is 2.06 bits per heavy atom. The molecule has 0 aliphatic rings. The van der Waals surface area contributed by atoms with Crippen LogP contribution in [-0.4, -0.2) is 9.78 Å². The van der Waals surface area contributed by atoms with Gasteiger partial charge in [-0.1, -0.05) is 12.1 Å². The molecule has 0 atom stereocenters. The minimum absolute atomic E-state index is 0. The first-order valence-corrected chi connectivity index (χ1v) is 4.97.